The molecule has 4 nitrogen and oxygen atoms in total. The molecule has 1 aromatic carbocycles. The Labute approximate surface area is 99.4 Å². The summed E-state index contributed by atoms with van der Waals surface area (Å²) in [5, 5.41) is 0.984. The molecule has 1 aliphatic heterocycles. The number of aromatic nitrogens is 1. The van der Waals surface area contributed by atoms with Gasteiger partial charge < -0.3 is 15.6 Å². The van der Waals surface area contributed by atoms with Crippen molar-refractivity contribution in [2.75, 3.05) is 13.1 Å². The highest BCUT2D eigenvalue weighted by Crippen LogP contribution is 2.20. The molecule has 1 aliphatic rings. The van der Waals surface area contributed by atoms with Gasteiger partial charge in [0.25, 0.3) is 5.91 Å². The lowest BCUT2D eigenvalue weighted by Gasteiger charge is -2.16. The maximum Gasteiger partial charge on any atom is 0.254 e. The molecule has 1 atom stereocenters. The fourth-order valence-electron chi connectivity index (χ4n) is 2.41. The lowest BCUT2D eigenvalue weighted by molar-refractivity contribution is 0.0793. The van der Waals surface area contributed by atoms with Crippen LogP contribution in [-0.4, -0.2) is 34.9 Å². The first-order valence-corrected chi connectivity index (χ1v) is 5.86. The number of aromatic amines is 1. The molecule has 1 saturated heterocycles. The summed E-state index contributed by atoms with van der Waals surface area (Å²) >= 11 is 0. The Morgan fingerprint density at radius 2 is 2.29 bits per heavy atom. The van der Waals surface area contributed by atoms with E-state index in [9.17, 15) is 4.79 Å². The molecular formula is C13H15N3O. The predicted molar refractivity (Wildman–Crippen MR) is 66.8 cm³/mol. The molecule has 4 heteroatoms. The number of carbonyl (C=O) groups is 1. The number of nitrogens with one attached hydrogen (secondary N) is 1. The van der Waals surface area contributed by atoms with Gasteiger partial charge in [0.15, 0.2) is 0 Å². The number of hydrogen-bond acceptors (Lipinski definition) is 2. The number of benzene rings is 1. The van der Waals surface area contributed by atoms with Crippen LogP contribution < -0.4 is 5.73 Å². The predicted octanol–water partition coefficient (Wildman–Crippen LogP) is 1.34. The molecule has 0 aliphatic carbocycles. The number of likely N-dealkylation sites (tertiary alicyclic amines) is 1. The van der Waals surface area contributed by atoms with Crippen molar-refractivity contribution in [1.29, 1.82) is 0 Å². The largest absolute Gasteiger partial charge is 0.361 e. The molecule has 0 spiro atoms. The van der Waals surface area contributed by atoms with Crippen molar-refractivity contribution in [3.05, 3.63) is 36.0 Å². The average molecular weight is 229 g/mol. The van der Waals surface area contributed by atoms with E-state index in [4.69, 9.17) is 5.73 Å². The van der Waals surface area contributed by atoms with Crippen molar-refractivity contribution in [3.8, 4) is 0 Å². The number of fused-ring (bicyclic) bond motifs is 1. The molecule has 1 unspecified atom stereocenters. The highest BCUT2D eigenvalue weighted by molar-refractivity contribution is 6.06. The highest BCUT2D eigenvalue weighted by atomic mass is 16.2. The maximum atomic E-state index is 12.4. The summed E-state index contributed by atoms with van der Waals surface area (Å²) < 4.78 is 0. The zero-order chi connectivity index (χ0) is 11.8. The Balaban J connectivity index is 1.98. The van der Waals surface area contributed by atoms with Gasteiger partial charge in [-0.05, 0) is 24.6 Å². The minimum Gasteiger partial charge on any atom is -0.361 e. The zero-order valence-corrected chi connectivity index (χ0v) is 9.52. The van der Waals surface area contributed by atoms with Gasteiger partial charge in [-0.2, -0.15) is 0 Å². The van der Waals surface area contributed by atoms with Gasteiger partial charge in [0, 0.05) is 41.8 Å². The Hall–Kier alpha value is -1.81. The monoisotopic (exact) mass is 229 g/mol. The van der Waals surface area contributed by atoms with Gasteiger partial charge in [0.1, 0.15) is 0 Å². The van der Waals surface area contributed by atoms with Crippen molar-refractivity contribution < 1.29 is 4.79 Å². The van der Waals surface area contributed by atoms with Gasteiger partial charge in [0.2, 0.25) is 0 Å². The second kappa shape index (κ2) is 3.89. The van der Waals surface area contributed by atoms with Gasteiger partial charge in [-0.15, -0.1) is 0 Å². The second-order valence-electron chi connectivity index (χ2n) is 4.54. The van der Waals surface area contributed by atoms with Gasteiger partial charge >= 0.3 is 0 Å². The molecule has 1 fully saturated rings. The number of amides is 1. The summed E-state index contributed by atoms with van der Waals surface area (Å²) in [4.78, 5) is 17.3. The number of rotatable bonds is 1. The van der Waals surface area contributed by atoms with Crippen LogP contribution >= 0.6 is 0 Å². The van der Waals surface area contributed by atoms with Crippen LogP contribution in [0.15, 0.2) is 30.5 Å². The molecule has 17 heavy (non-hydrogen) atoms. The molecule has 1 aromatic heterocycles. The molecule has 88 valence electrons. The fourth-order valence-corrected chi connectivity index (χ4v) is 2.41. The number of H-pyrrole nitrogens is 1. The van der Waals surface area contributed by atoms with E-state index in [0.717, 1.165) is 29.4 Å². The van der Waals surface area contributed by atoms with Crippen molar-refractivity contribution >= 4 is 16.8 Å². The van der Waals surface area contributed by atoms with Crippen molar-refractivity contribution in [2.45, 2.75) is 12.5 Å². The van der Waals surface area contributed by atoms with Crippen LogP contribution in [0.25, 0.3) is 10.9 Å². The Bertz CT molecular complexity index is 561. The SMILES string of the molecule is NC1CCN(C(=O)c2cccc3[nH]ccc23)C1. The van der Waals surface area contributed by atoms with E-state index in [1.807, 2.05) is 35.4 Å². The summed E-state index contributed by atoms with van der Waals surface area (Å²) in [5.74, 6) is 0.0863. The summed E-state index contributed by atoms with van der Waals surface area (Å²) in [6.45, 7) is 1.43. The van der Waals surface area contributed by atoms with Crippen LogP contribution in [0, 0.1) is 0 Å². The van der Waals surface area contributed by atoms with Crippen molar-refractivity contribution in [3.63, 3.8) is 0 Å². The van der Waals surface area contributed by atoms with Gasteiger partial charge in [0.05, 0.1) is 0 Å². The van der Waals surface area contributed by atoms with Crippen LogP contribution in [0.2, 0.25) is 0 Å². The molecule has 2 heterocycles. The second-order valence-corrected chi connectivity index (χ2v) is 4.54. The summed E-state index contributed by atoms with van der Waals surface area (Å²) in [6.07, 6.45) is 2.76. The Kier molecular flexibility index (Phi) is 2.37. The summed E-state index contributed by atoms with van der Waals surface area (Å²) in [6, 6.07) is 7.83. The van der Waals surface area contributed by atoms with E-state index in [1.54, 1.807) is 0 Å². The quantitative estimate of drug-likeness (QED) is 0.775. The molecule has 3 N–H and O–H groups in total. The van der Waals surface area contributed by atoms with Crippen molar-refractivity contribution in [1.82, 2.24) is 9.88 Å². The first-order chi connectivity index (χ1) is 8.25. The molecule has 3 rings (SSSR count). The highest BCUT2D eigenvalue weighted by Gasteiger charge is 2.25. The van der Waals surface area contributed by atoms with Gasteiger partial charge in [-0.25, -0.2) is 0 Å². The van der Waals surface area contributed by atoms with Crippen LogP contribution in [0.1, 0.15) is 16.8 Å². The zero-order valence-electron chi connectivity index (χ0n) is 9.52. The smallest absolute Gasteiger partial charge is 0.254 e. The normalized spacial score (nSPS) is 20.1. The standard InChI is InChI=1S/C13H15N3O/c14-9-5-7-16(8-9)13(17)11-2-1-3-12-10(11)4-6-15-12/h1-4,6,9,15H,5,7-8,14H2. The lowest BCUT2D eigenvalue weighted by atomic mass is 10.1. The third-order valence-electron chi connectivity index (χ3n) is 3.34. The van der Waals surface area contributed by atoms with E-state index in [1.165, 1.54) is 0 Å². The number of nitrogens with zero attached hydrogens (tertiary/aromatic N) is 1. The topological polar surface area (TPSA) is 62.1 Å². The van der Waals surface area contributed by atoms with Gasteiger partial charge in [-0.3, -0.25) is 4.79 Å². The molecule has 0 saturated carbocycles. The van der Waals surface area contributed by atoms with Crippen LogP contribution in [-0.2, 0) is 0 Å². The first-order valence-electron chi connectivity index (χ1n) is 5.86. The number of nitrogens with two attached hydrogens (primary N) is 1. The fraction of sp³-hybridized carbons (Fsp3) is 0.308. The third-order valence-corrected chi connectivity index (χ3v) is 3.34. The summed E-state index contributed by atoms with van der Waals surface area (Å²) in [5.41, 5.74) is 7.59. The Morgan fingerprint density at radius 1 is 1.41 bits per heavy atom. The molecule has 1 amide bonds. The number of hydrogen-bond donors (Lipinski definition) is 2. The molecule has 0 radical (unpaired) electrons. The van der Waals surface area contributed by atoms with Gasteiger partial charge in [-0.1, -0.05) is 6.07 Å². The van der Waals surface area contributed by atoms with Crippen molar-refractivity contribution in [2.24, 2.45) is 5.73 Å². The van der Waals surface area contributed by atoms with E-state index >= 15 is 0 Å². The molecule has 0 bridgehead atoms. The lowest BCUT2D eigenvalue weighted by Crippen LogP contribution is -2.31. The Morgan fingerprint density at radius 3 is 3.06 bits per heavy atom. The minimum atomic E-state index is 0.0863. The van der Waals surface area contributed by atoms with E-state index < -0.39 is 0 Å². The van der Waals surface area contributed by atoms with Crippen LogP contribution in [0.5, 0.6) is 0 Å². The minimum absolute atomic E-state index is 0.0863. The summed E-state index contributed by atoms with van der Waals surface area (Å²) in [7, 11) is 0. The van der Waals surface area contributed by atoms with Crippen LogP contribution in [0.4, 0.5) is 0 Å². The molecular weight excluding hydrogens is 214 g/mol. The third kappa shape index (κ3) is 1.70. The van der Waals surface area contributed by atoms with E-state index in [2.05, 4.69) is 4.98 Å². The van der Waals surface area contributed by atoms with E-state index in [0.29, 0.717) is 6.54 Å². The number of carbonyl (C=O) groups excluding carboxylic acids is 1. The average Bonchev–Trinajstić information content (AvgIpc) is 2.95. The maximum absolute atomic E-state index is 12.4. The molecule has 2 aromatic rings. The van der Waals surface area contributed by atoms with E-state index in [-0.39, 0.29) is 11.9 Å². The van der Waals surface area contributed by atoms with Crippen LogP contribution in [0.3, 0.4) is 0 Å². The first kappa shape index (κ1) is 10.4.